The Morgan fingerprint density at radius 2 is 1.86 bits per heavy atom. The summed E-state index contributed by atoms with van der Waals surface area (Å²) in [7, 11) is 0. The van der Waals surface area contributed by atoms with Gasteiger partial charge in [0.2, 0.25) is 0 Å². The Morgan fingerprint density at radius 1 is 1.24 bits per heavy atom. The molecule has 1 heterocycles. The van der Waals surface area contributed by atoms with E-state index in [1.54, 1.807) is 6.21 Å². The predicted octanol–water partition coefficient (Wildman–Crippen LogP) is -0.162. The van der Waals surface area contributed by atoms with Crippen LogP contribution in [0.3, 0.4) is 0 Å². The van der Waals surface area contributed by atoms with Crippen LogP contribution in [-0.2, 0) is 9.47 Å². The molecule has 122 valence electrons. The zero-order valence-corrected chi connectivity index (χ0v) is 13.2. The lowest BCUT2D eigenvalue weighted by Gasteiger charge is -2.36. The maximum atomic E-state index is 6.19. The summed E-state index contributed by atoms with van der Waals surface area (Å²) in [5.41, 5.74) is 11.8. The van der Waals surface area contributed by atoms with Crippen LogP contribution in [0.2, 0.25) is 0 Å². The van der Waals surface area contributed by atoms with Crippen molar-refractivity contribution in [2.24, 2.45) is 16.5 Å². The smallest absolute Gasteiger partial charge is 0.184 e. The highest BCUT2D eigenvalue weighted by Gasteiger charge is 2.27. The van der Waals surface area contributed by atoms with Gasteiger partial charge in [-0.15, -0.1) is 0 Å². The number of hydrogen-bond donors (Lipinski definition) is 3. The van der Waals surface area contributed by atoms with Gasteiger partial charge in [0.1, 0.15) is 5.82 Å². The molecule has 0 saturated heterocycles. The first-order chi connectivity index (χ1) is 10.1. The SMILES string of the molecule is CCOCCN(CCOCC)C1=CC=NC(N)(CCN)N1. The molecule has 1 atom stereocenters. The van der Waals surface area contributed by atoms with Crippen molar-refractivity contribution < 1.29 is 9.47 Å². The molecule has 21 heavy (non-hydrogen) atoms. The molecule has 7 nitrogen and oxygen atoms in total. The highest BCUT2D eigenvalue weighted by Crippen LogP contribution is 2.13. The molecule has 0 aliphatic carbocycles. The maximum Gasteiger partial charge on any atom is 0.184 e. The maximum absolute atomic E-state index is 6.19. The van der Waals surface area contributed by atoms with Crippen LogP contribution in [0.15, 0.2) is 16.9 Å². The minimum Gasteiger partial charge on any atom is -0.380 e. The summed E-state index contributed by atoms with van der Waals surface area (Å²) in [4.78, 5) is 6.43. The molecule has 0 saturated carbocycles. The van der Waals surface area contributed by atoms with Gasteiger partial charge < -0.3 is 25.4 Å². The molecule has 1 rings (SSSR count). The molecule has 0 radical (unpaired) electrons. The topological polar surface area (TPSA) is 98.1 Å². The van der Waals surface area contributed by atoms with Crippen molar-refractivity contribution in [3.63, 3.8) is 0 Å². The Morgan fingerprint density at radius 3 is 2.38 bits per heavy atom. The first kappa shape index (κ1) is 17.9. The van der Waals surface area contributed by atoms with E-state index in [1.807, 2.05) is 19.9 Å². The second-order valence-electron chi connectivity index (χ2n) is 4.80. The van der Waals surface area contributed by atoms with Gasteiger partial charge in [-0.1, -0.05) is 0 Å². The molecule has 0 spiro atoms. The number of nitrogens with zero attached hydrogens (tertiary/aromatic N) is 2. The molecule has 0 aromatic carbocycles. The van der Waals surface area contributed by atoms with Gasteiger partial charge in [-0.05, 0) is 26.5 Å². The lowest BCUT2D eigenvalue weighted by Crippen LogP contribution is -2.56. The van der Waals surface area contributed by atoms with Crippen molar-refractivity contribution in [3.8, 4) is 0 Å². The van der Waals surface area contributed by atoms with Crippen molar-refractivity contribution in [3.05, 3.63) is 11.9 Å². The van der Waals surface area contributed by atoms with Gasteiger partial charge in [0.25, 0.3) is 0 Å². The van der Waals surface area contributed by atoms with E-state index in [4.69, 9.17) is 20.9 Å². The summed E-state index contributed by atoms with van der Waals surface area (Å²) < 4.78 is 10.9. The van der Waals surface area contributed by atoms with E-state index < -0.39 is 5.79 Å². The molecule has 0 fully saturated rings. The zero-order valence-electron chi connectivity index (χ0n) is 13.2. The number of ether oxygens (including phenoxy) is 2. The van der Waals surface area contributed by atoms with Gasteiger partial charge in [0.15, 0.2) is 5.79 Å². The fraction of sp³-hybridized carbons (Fsp3) is 0.786. The van der Waals surface area contributed by atoms with Crippen LogP contribution in [0.4, 0.5) is 0 Å². The third-order valence-corrected chi connectivity index (χ3v) is 3.17. The molecular weight excluding hydrogens is 270 g/mol. The molecule has 0 bridgehead atoms. The van der Waals surface area contributed by atoms with Crippen LogP contribution in [0, 0.1) is 0 Å². The number of nitrogens with one attached hydrogen (secondary N) is 1. The molecule has 0 aromatic rings. The average Bonchev–Trinajstić information content (AvgIpc) is 2.46. The fourth-order valence-corrected chi connectivity index (χ4v) is 2.06. The molecule has 0 amide bonds. The molecule has 1 aliphatic heterocycles. The normalized spacial score (nSPS) is 21.0. The average molecular weight is 299 g/mol. The second kappa shape index (κ2) is 9.73. The standard InChI is InChI=1S/C14H29N5O2/c1-3-20-11-9-19(10-12-21-4-2)13-5-8-17-14(16,18-13)6-7-15/h5,8,18H,3-4,6-7,9-12,15-16H2,1-2H3. The predicted molar refractivity (Wildman–Crippen MR) is 84.9 cm³/mol. The van der Waals surface area contributed by atoms with Crippen LogP contribution in [0.1, 0.15) is 20.3 Å². The van der Waals surface area contributed by atoms with Crippen LogP contribution in [0.25, 0.3) is 0 Å². The van der Waals surface area contributed by atoms with Gasteiger partial charge in [-0.2, -0.15) is 0 Å². The summed E-state index contributed by atoms with van der Waals surface area (Å²) in [6.07, 6.45) is 4.22. The molecule has 0 aromatic heterocycles. The minimum atomic E-state index is -0.825. The highest BCUT2D eigenvalue weighted by molar-refractivity contribution is 5.73. The fourth-order valence-electron chi connectivity index (χ4n) is 2.06. The van der Waals surface area contributed by atoms with Crippen molar-refractivity contribution in [1.82, 2.24) is 10.2 Å². The summed E-state index contributed by atoms with van der Waals surface area (Å²) in [6, 6.07) is 0. The summed E-state index contributed by atoms with van der Waals surface area (Å²) >= 11 is 0. The number of allylic oxidation sites excluding steroid dienone is 1. The van der Waals surface area contributed by atoms with Gasteiger partial charge in [-0.25, -0.2) is 0 Å². The zero-order chi connectivity index (χ0) is 15.6. The van der Waals surface area contributed by atoms with Gasteiger partial charge in [0, 0.05) is 38.9 Å². The van der Waals surface area contributed by atoms with Crippen molar-refractivity contribution in [2.75, 3.05) is 46.1 Å². The molecule has 7 heteroatoms. The number of rotatable bonds is 11. The van der Waals surface area contributed by atoms with E-state index in [9.17, 15) is 0 Å². The number of aliphatic imine (C=N–C) groups is 1. The largest absolute Gasteiger partial charge is 0.380 e. The van der Waals surface area contributed by atoms with Crippen molar-refractivity contribution >= 4 is 6.21 Å². The van der Waals surface area contributed by atoms with E-state index in [1.165, 1.54) is 0 Å². The van der Waals surface area contributed by atoms with Gasteiger partial charge >= 0.3 is 0 Å². The van der Waals surface area contributed by atoms with E-state index in [0.717, 1.165) is 18.9 Å². The first-order valence-corrected chi connectivity index (χ1v) is 7.58. The minimum absolute atomic E-state index is 0.478. The summed E-state index contributed by atoms with van der Waals surface area (Å²) in [5.74, 6) is 0.106. The monoisotopic (exact) mass is 299 g/mol. The Kier molecular flexibility index (Phi) is 8.29. The van der Waals surface area contributed by atoms with Crippen LogP contribution in [0.5, 0.6) is 0 Å². The second-order valence-corrected chi connectivity index (χ2v) is 4.80. The molecular formula is C14H29N5O2. The van der Waals surface area contributed by atoms with E-state index in [-0.39, 0.29) is 0 Å². The third kappa shape index (κ3) is 6.43. The van der Waals surface area contributed by atoms with Gasteiger partial charge in [-0.3, -0.25) is 10.7 Å². The third-order valence-electron chi connectivity index (χ3n) is 3.17. The Bertz CT molecular complexity index is 338. The highest BCUT2D eigenvalue weighted by atomic mass is 16.5. The van der Waals surface area contributed by atoms with E-state index >= 15 is 0 Å². The lowest BCUT2D eigenvalue weighted by molar-refractivity contribution is 0.0898. The van der Waals surface area contributed by atoms with Crippen molar-refractivity contribution in [2.45, 2.75) is 26.1 Å². The number of nitrogens with two attached hydrogens (primary N) is 2. The van der Waals surface area contributed by atoms with Gasteiger partial charge in [0.05, 0.1) is 13.2 Å². The van der Waals surface area contributed by atoms with E-state index in [0.29, 0.717) is 39.4 Å². The molecule has 1 aliphatic rings. The quantitative estimate of drug-likeness (QED) is 0.459. The summed E-state index contributed by atoms with van der Waals surface area (Å²) in [6.45, 7) is 8.73. The molecule has 5 N–H and O–H groups in total. The molecule has 1 unspecified atom stereocenters. The first-order valence-electron chi connectivity index (χ1n) is 7.58. The summed E-state index contributed by atoms with van der Waals surface area (Å²) in [5, 5.41) is 3.26. The van der Waals surface area contributed by atoms with E-state index in [2.05, 4.69) is 15.2 Å². The Labute approximate surface area is 127 Å². The lowest BCUT2D eigenvalue weighted by atomic mass is 10.2. The Hall–Kier alpha value is -1.15. The Balaban J connectivity index is 2.63. The van der Waals surface area contributed by atoms with Crippen LogP contribution >= 0.6 is 0 Å². The van der Waals surface area contributed by atoms with Crippen LogP contribution in [-0.4, -0.2) is 63.0 Å². The van der Waals surface area contributed by atoms with Crippen LogP contribution < -0.4 is 16.8 Å². The number of hydrogen-bond acceptors (Lipinski definition) is 7. The van der Waals surface area contributed by atoms with Crippen molar-refractivity contribution in [1.29, 1.82) is 0 Å².